The lowest BCUT2D eigenvalue weighted by Crippen LogP contribution is -2.36. The summed E-state index contributed by atoms with van der Waals surface area (Å²) in [6, 6.07) is 11.0. The van der Waals surface area contributed by atoms with Crippen molar-refractivity contribution < 1.29 is 23.1 Å². The summed E-state index contributed by atoms with van der Waals surface area (Å²) in [5.41, 5.74) is -1.12. The molecular formula is C18H17BrN2O5S. The van der Waals surface area contributed by atoms with Crippen molar-refractivity contribution in [2.75, 3.05) is 15.8 Å². The van der Waals surface area contributed by atoms with Gasteiger partial charge in [-0.2, -0.15) is 0 Å². The van der Waals surface area contributed by atoms with Gasteiger partial charge in [0.05, 0.1) is 17.9 Å². The van der Waals surface area contributed by atoms with Crippen LogP contribution in [-0.2, 0) is 20.4 Å². The molecule has 2 aromatic carbocycles. The highest BCUT2D eigenvalue weighted by Gasteiger charge is 2.47. The molecule has 3 rings (SSSR count). The van der Waals surface area contributed by atoms with Crippen molar-refractivity contribution in [3.8, 4) is 0 Å². The lowest BCUT2D eigenvalue weighted by atomic mass is 9.88. The van der Waals surface area contributed by atoms with Crippen LogP contribution in [0.25, 0.3) is 0 Å². The van der Waals surface area contributed by atoms with Gasteiger partial charge in [0.15, 0.2) is 11.4 Å². The first-order chi connectivity index (χ1) is 12.7. The summed E-state index contributed by atoms with van der Waals surface area (Å²) in [6.45, 7) is 1.48. The minimum absolute atomic E-state index is 0.0826. The van der Waals surface area contributed by atoms with Crippen LogP contribution in [0.4, 0.5) is 11.4 Å². The number of para-hydroxylation sites is 1. The second-order valence-electron chi connectivity index (χ2n) is 6.16. The number of anilines is 2. The fraction of sp³-hybridized carbons (Fsp3) is 0.222. The molecule has 0 saturated heterocycles. The van der Waals surface area contributed by atoms with E-state index in [9.17, 15) is 23.1 Å². The quantitative estimate of drug-likeness (QED) is 0.583. The Hall–Kier alpha value is -2.23. The predicted octanol–water partition coefficient (Wildman–Crippen LogP) is 2.62. The van der Waals surface area contributed by atoms with Crippen LogP contribution in [0.3, 0.4) is 0 Å². The number of benzene rings is 2. The SMILES string of the molecule is CCS(=O)(=O)Nc1ccccc1C(=O)C[C@]1(O)C(=O)Nc2ccc(Br)cc21. The summed E-state index contributed by atoms with van der Waals surface area (Å²) < 4.78 is 26.7. The van der Waals surface area contributed by atoms with E-state index in [1.54, 1.807) is 30.3 Å². The molecule has 0 fully saturated rings. The third-order valence-electron chi connectivity index (χ3n) is 4.34. The highest BCUT2D eigenvalue weighted by Crippen LogP contribution is 2.40. The minimum Gasteiger partial charge on any atom is -0.375 e. The van der Waals surface area contributed by atoms with E-state index in [1.807, 2.05) is 0 Å². The number of sulfonamides is 1. The van der Waals surface area contributed by atoms with Gasteiger partial charge in [0.2, 0.25) is 10.0 Å². The van der Waals surface area contributed by atoms with Gasteiger partial charge in [0.1, 0.15) is 0 Å². The van der Waals surface area contributed by atoms with Gasteiger partial charge in [-0.3, -0.25) is 14.3 Å². The van der Waals surface area contributed by atoms with E-state index in [0.29, 0.717) is 15.7 Å². The topological polar surface area (TPSA) is 113 Å². The monoisotopic (exact) mass is 452 g/mol. The maximum absolute atomic E-state index is 12.9. The summed E-state index contributed by atoms with van der Waals surface area (Å²) in [4.78, 5) is 25.2. The predicted molar refractivity (Wildman–Crippen MR) is 105 cm³/mol. The molecule has 9 heteroatoms. The van der Waals surface area contributed by atoms with Crippen LogP contribution in [0.2, 0.25) is 0 Å². The Labute approximate surface area is 165 Å². The van der Waals surface area contributed by atoms with Crippen molar-refractivity contribution in [3.05, 3.63) is 58.1 Å². The molecule has 0 bridgehead atoms. The Morgan fingerprint density at radius 3 is 2.67 bits per heavy atom. The van der Waals surface area contributed by atoms with Crippen LogP contribution in [0.5, 0.6) is 0 Å². The van der Waals surface area contributed by atoms with Crippen LogP contribution in [0, 0.1) is 0 Å². The zero-order chi connectivity index (χ0) is 19.8. The molecule has 1 aliphatic rings. The number of amides is 1. The van der Waals surface area contributed by atoms with Gasteiger partial charge in [-0.15, -0.1) is 0 Å². The summed E-state index contributed by atoms with van der Waals surface area (Å²) in [5, 5.41) is 13.5. The van der Waals surface area contributed by atoms with Crippen molar-refractivity contribution in [2.45, 2.75) is 18.9 Å². The normalized spacial score (nSPS) is 18.7. The van der Waals surface area contributed by atoms with Crippen molar-refractivity contribution >= 4 is 49.0 Å². The minimum atomic E-state index is -3.59. The van der Waals surface area contributed by atoms with Crippen LogP contribution in [-0.4, -0.2) is 31.0 Å². The molecule has 0 unspecified atom stereocenters. The molecule has 3 N–H and O–H groups in total. The molecule has 7 nitrogen and oxygen atoms in total. The number of hydrogen-bond donors (Lipinski definition) is 3. The zero-order valence-corrected chi connectivity index (χ0v) is 16.7. The van der Waals surface area contributed by atoms with E-state index in [2.05, 4.69) is 26.0 Å². The summed E-state index contributed by atoms with van der Waals surface area (Å²) >= 11 is 3.29. The van der Waals surface area contributed by atoms with E-state index in [-0.39, 0.29) is 17.0 Å². The molecule has 1 amide bonds. The molecule has 0 aromatic heterocycles. The van der Waals surface area contributed by atoms with E-state index in [0.717, 1.165) is 0 Å². The Bertz CT molecular complexity index is 1040. The summed E-state index contributed by atoms with van der Waals surface area (Å²) in [6.07, 6.45) is -0.521. The van der Waals surface area contributed by atoms with Crippen molar-refractivity contribution in [3.63, 3.8) is 0 Å². The van der Waals surface area contributed by atoms with Crippen LogP contribution in [0.1, 0.15) is 29.3 Å². The first kappa shape index (κ1) is 19.5. The molecule has 2 aromatic rings. The first-order valence-corrected chi connectivity index (χ1v) is 10.6. The summed E-state index contributed by atoms with van der Waals surface area (Å²) in [7, 11) is -3.59. The van der Waals surface area contributed by atoms with E-state index < -0.39 is 33.7 Å². The standard InChI is InChI=1S/C18H17BrN2O5S/c1-2-27(25,26)21-14-6-4-3-5-12(14)16(22)10-18(24)13-9-11(19)7-8-15(13)20-17(18)23/h3-9,21,24H,2,10H2,1H3,(H,20,23)/t18-/m1/s1. The van der Waals surface area contributed by atoms with E-state index in [4.69, 9.17) is 0 Å². The van der Waals surface area contributed by atoms with Gasteiger partial charge in [0, 0.05) is 21.3 Å². The van der Waals surface area contributed by atoms with Gasteiger partial charge in [-0.25, -0.2) is 8.42 Å². The van der Waals surface area contributed by atoms with Crippen LogP contribution in [0.15, 0.2) is 46.9 Å². The molecule has 142 valence electrons. The summed E-state index contributed by atoms with van der Waals surface area (Å²) in [5.74, 6) is -1.41. The molecular weight excluding hydrogens is 436 g/mol. The van der Waals surface area contributed by atoms with Gasteiger partial charge in [-0.05, 0) is 37.3 Å². The van der Waals surface area contributed by atoms with Crippen LogP contribution >= 0.6 is 15.9 Å². The number of Topliss-reactive ketones (excluding diaryl/α,β-unsaturated/α-hetero) is 1. The number of carbonyl (C=O) groups excluding carboxylic acids is 2. The highest BCUT2D eigenvalue weighted by molar-refractivity contribution is 9.10. The number of fused-ring (bicyclic) bond motifs is 1. The fourth-order valence-electron chi connectivity index (χ4n) is 2.87. The number of ketones is 1. The second-order valence-corrected chi connectivity index (χ2v) is 9.08. The molecule has 1 heterocycles. The number of nitrogens with one attached hydrogen (secondary N) is 2. The number of carbonyl (C=O) groups is 2. The van der Waals surface area contributed by atoms with E-state index in [1.165, 1.54) is 19.1 Å². The number of hydrogen-bond acceptors (Lipinski definition) is 5. The Morgan fingerprint density at radius 1 is 1.26 bits per heavy atom. The fourth-order valence-corrected chi connectivity index (χ4v) is 3.89. The number of rotatable bonds is 6. The Kier molecular flexibility index (Phi) is 5.11. The van der Waals surface area contributed by atoms with E-state index >= 15 is 0 Å². The van der Waals surface area contributed by atoms with Crippen molar-refractivity contribution in [2.24, 2.45) is 0 Å². The lowest BCUT2D eigenvalue weighted by Gasteiger charge is -2.21. The molecule has 0 radical (unpaired) electrons. The number of halogens is 1. The van der Waals surface area contributed by atoms with Gasteiger partial charge < -0.3 is 10.4 Å². The largest absolute Gasteiger partial charge is 0.375 e. The third kappa shape index (κ3) is 3.76. The molecule has 27 heavy (non-hydrogen) atoms. The Morgan fingerprint density at radius 2 is 1.96 bits per heavy atom. The second kappa shape index (κ2) is 7.06. The van der Waals surface area contributed by atoms with Gasteiger partial charge in [-0.1, -0.05) is 28.1 Å². The smallest absolute Gasteiger partial charge is 0.261 e. The highest BCUT2D eigenvalue weighted by atomic mass is 79.9. The van der Waals surface area contributed by atoms with Gasteiger partial charge in [0.25, 0.3) is 5.91 Å². The maximum atomic E-state index is 12.9. The third-order valence-corrected chi connectivity index (χ3v) is 6.12. The molecule has 0 aliphatic carbocycles. The first-order valence-electron chi connectivity index (χ1n) is 8.13. The number of aliphatic hydroxyl groups is 1. The van der Waals surface area contributed by atoms with Crippen LogP contribution < -0.4 is 10.0 Å². The molecule has 1 aliphatic heterocycles. The Balaban J connectivity index is 1.95. The van der Waals surface area contributed by atoms with Gasteiger partial charge >= 0.3 is 0 Å². The average Bonchev–Trinajstić information content (AvgIpc) is 2.85. The molecule has 0 spiro atoms. The average molecular weight is 453 g/mol. The lowest BCUT2D eigenvalue weighted by molar-refractivity contribution is -0.133. The van der Waals surface area contributed by atoms with Crippen molar-refractivity contribution in [1.82, 2.24) is 0 Å². The molecule has 0 saturated carbocycles. The maximum Gasteiger partial charge on any atom is 0.261 e. The molecule has 1 atom stereocenters. The zero-order valence-electron chi connectivity index (χ0n) is 14.3. The van der Waals surface area contributed by atoms with Crippen molar-refractivity contribution in [1.29, 1.82) is 0 Å².